The van der Waals surface area contributed by atoms with Gasteiger partial charge in [-0.1, -0.05) is 64.7 Å². The Hall–Kier alpha value is -1.84. The van der Waals surface area contributed by atoms with Gasteiger partial charge in [0.25, 0.3) is 0 Å². The molecule has 0 N–H and O–H groups in total. The van der Waals surface area contributed by atoms with E-state index in [2.05, 4.69) is 16.9 Å². The third-order valence-corrected chi connectivity index (χ3v) is 6.16. The first-order chi connectivity index (χ1) is 13.7. The van der Waals surface area contributed by atoms with Crippen molar-refractivity contribution in [3.8, 4) is 11.4 Å². The van der Waals surface area contributed by atoms with Crippen LogP contribution < -0.4 is 0 Å². The van der Waals surface area contributed by atoms with Gasteiger partial charge < -0.3 is 0 Å². The van der Waals surface area contributed by atoms with Crippen molar-refractivity contribution in [1.29, 1.82) is 0 Å². The van der Waals surface area contributed by atoms with Gasteiger partial charge in [-0.25, -0.2) is 18.7 Å². The van der Waals surface area contributed by atoms with Crippen LogP contribution in [0.5, 0.6) is 0 Å². The maximum atomic E-state index is 13.4. The fourth-order valence-corrected chi connectivity index (χ4v) is 4.31. The van der Waals surface area contributed by atoms with Crippen molar-refractivity contribution in [2.75, 3.05) is 0 Å². The molecule has 1 aliphatic carbocycles. The predicted molar refractivity (Wildman–Crippen MR) is 110 cm³/mol. The van der Waals surface area contributed by atoms with Crippen molar-refractivity contribution in [1.82, 2.24) is 9.97 Å². The first-order valence-corrected chi connectivity index (χ1v) is 10.9. The molecule has 3 rings (SSSR count). The van der Waals surface area contributed by atoms with E-state index < -0.39 is 11.6 Å². The summed E-state index contributed by atoms with van der Waals surface area (Å²) in [5.41, 5.74) is 1.62. The third kappa shape index (κ3) is 6.08. The molecule has 0 unspecified atom stereocenters. The molecule has 0 atom stereocenters. The van der Waals surface area contributed by atoms with Crippen molar-refractivity contribution in [2.45, 2.75) is 77.6 Å². The van der Waals surface area contributed by atoms with Crippen molar-refractivity contribution in [3.05, 3.63) is 47.8 Å². The second-order valence-corrected chi connectivity index (χ2v) is 8.32. The molecular weight excluding hydrogens is 354 g/mol. The molecule has 1 aliphatic rings. The van der Waals surface area contributed by atoms with Crippen LogP contribution in [0.4, 0.5) is 8.78 Å². The number of benzene rings is 1. The smallest absolute Gasteiger partial charge is 0.159 e. The lowest BCUT2D eigenvalue weighted by atomic mass is 9.78. The molecule has 1 aromatic carbocycles. The Morgan fingerprint density at radius 3 is 2.18 bits per heavy atom. The molecule has 0 saturated heterocycles. The molecule has 28 heavy (non-hydrogen) atoms. The maximum Gasteiger partial charge on any atom is 0.159 e. The van der Waals surface area contributed by atoms with Gasteiger partial charge in [-0.05, 0) is 48.4 Å². The SMILES string of the molecule is CCCCCCC1CCC(CCc2cnc(-c3ccc(F)c(F)c3)nc2)CC1. The summed E-state index contributed by atoms with van der Waals surface area (Å²) in [6.07, 6.45) is 18.2. The molecule has 0 spiro atoms. The molecule has 0 bridgehead atoms. The minimum Gasteiger partial charge on any atom is -0.236 e. The average molecular weight is 387 g/mol. The van der Waals surface area contributed by atoms with Gasteiger partial charge in [-0.15, -0.1) is 0 Å². The topological polar surface area (TPSA) is 25.8 Å². The van der Waals surface area contributed by atoms with Crippen LogP contribution in [0.1, 0.15) is 76.7 Å². The Kier molecular flexibility index (Phi) is 7.93. The van der Waals surface area contributed by atoms with Crippen LogP contribution in [-0.2, 0) is 6.42 Å². The third-order valence-electron chi connectivity index (χ3n) is 6.16. The first kappa shape index (κ1) is 20.9. The molecule has 1 saturated carbocycles. The quantitative estimate of drug-likeness (QED) is 0.428. The Bertz CT molecular complexity index is 722. The Morgan fingerprint density at radius 2 is 1.54 bits per heavy atom. The van der Waals surface area contributed by atoms with Crippen LogP contribution >= 0.6 is 0 Å². The van der Waals surface area contributed by atoms with E-state index in [0.717, 1.165) is 36.0 Å². The molecule has 0 amide bonds. The Labute approximate surface area is 167 Å². The van der Waals surface area contributed by atoms with Crippen LogP contribution in [0.2, 0.25) is 0 Å². The number of unbranched alkanes of at least 4 members (excludes halogenated alkanes) is 3. The number of aromatic nitrogens is 2. The number of nitrogens with zero attached hydrogens (tertiary/aromatic N) is 2. The van der Waals surface area contributed by atoms with E-state index in [4.69, 9.17) is 0 Å². The normalized spacial score (nSPS) is 19.7. The lowest BCUT2D eigenvalue weighted by molar-refractivity contribution is 0.249. The summed E-state index contributed by atoms with van der Waals surface area (Å²) in [5, 5.41) is 0. The Morgan fingerprint density at radius 1 is 0.857 bits per heavy atom. The number of aryl methyl sites for hydroxylation is 1. The molecule has 1 aromatic heterocycles. The summed E-state index contributed by atoms with van der Waals surface area (Å²) in [6, 6.07) is 3.77. The molecule has 2 aromatic rings. The van der Waals surface area contributed by atoms with Gasteiger partial charge in [0.15, 0.2) is 17.5 Å². The molecule has 2 nitrogen and oxygen atoms in total. The van der Waals surface area contributed by atoms with Crippen molar-refractivity contribution >= 4 is 0 Å². The van der Waals surface area contributed by atoms with E-state index in [-0.39, 0.29) is 0 Å². The predicted octanol–water partition coefficient (Wildman–Crippen LogP) is 7.13. The van der Waals surface area contributed by atoms with Gasteiger partial charge in [-0.2, -0.15) is 0 Å². The van der Waals surface area contributed by atoms with E-state index in [1.54, 1.807) is 0 Å². The zero-order valence-electron chi connectivity index (χ0n) is 17.0. The number of halogens is 2. The summed E-state index contributed by atoms with van der Waals surface area (Å²) < 4.78 is 26.4. The summed E-state index contributed by atoms with van der Waals surface area (Å²) in [5.74, 6) is 0.484. The highest BCUT2D eigenvalue weighted by atomic mass is 19.2. The lowest BCUT2D eigenvalue weighted by Crippen LogP contribution is -2.15. The van der Waals surface area contributed by atoms with Gasteiger partial charge in [0.05, 0.1) is 0 Å². The number of hydrogen-bond donors (Lipinski definition) is 0. The van der Waals surface area contributed by atoms with Gasteiger partial charge in [-0.3, -0.25) is 0 Å². The second-order valence-electron chi connectivity index (χ2n) is 8.32. The zero-order valence-corrected chi connectivity index (χ0v) is 17.0. The van der Waals surface area contributed by atoms with Crippen LogP contribution in [-0.4, -0.2) is 9.97 Å². The molecule has 1 fully saturated rings. The fraction of sp³-hybridized carbons (Fsp3) is 0.583. The summed E-state index contributed by atoms with van der Waals surface area (Å²) >= 11 is 0. The summed E-state index contributed by atoms with van der Waals surface area (Å²) in [6.45, 7) is 2.27. The van der Waals surface area contributed by atoms with Crippen molar-refractivity contribution in [2.24, 2.45) is 11.8 Å². The molecule has 1 heterocycles. The zero-order chi connectivity index (χ0) is 19.8. The molecule has 152 valence electrons. The monoisotopic (exact) mass is 386 g/mol. The van der Waals surface area contributed by atoms with Gasteiger partial charge in [0.2, 0.25) is 0 Å². The summed E-state index contributed by atoms with van der Waals surface area (Å²) in [7, 11) is 0. The highest BCUT2D eigenvalue weighted by Gasteiger charge is 2.20. The van der Waals surface area contributed by atoms with E-state index in [0.29, 0.717) is 11.4 Å². The number of rotatable bonds is 9. The molecular formula is C24H32F2N2. The van der Waals surface area contributed by atoms with E-state index in [1.807, 2.05) is 12.4 Å². The van der Waals surface area contributed by atoms with E-state index in [1.165, 1.54) is 70.3 Å². The Balaban J connectivity index is 1.41. The highest BCUT2D eigenvalue weighted by molar-refractivity contribution is 5.54. The average Bonchev–Trinajstić information content (AvgIpc) is 2.73. The second kappa shape index (κ2) is 10.6. The van der Waals surface area contributed by atoms with E-state index in [9.17, 15) is 8.78 Å². The lowest BCUT2D eigenvalue weighted by Gasteiger charge is -2.28. The van der Waals surface area contributed by atoms with Gasteiger partial charge >= 0.3 is 0 Å². The van der Waals surface area contributed by atoms with Crippen LogP contribution in [0.15, 0.2) is 30.6 Å². The van der Waals surface area contributed by atoms with E-state index >= 15 is 0 Å². The first-order valence-electron chi connectivity index (χ1n) is 10.9. The molecule has 4 heteroatoms. The fourth-order valence-electron chi connectivity index (χ4n) is 4.31. The maximum absolute atomic E-state index is 13.4. The highest BCUT2D eigenvalue weighted by Crippen LogP contribution is 2.34. The number of hydrogen-bond acceptors (Lipinski definition) is 2. The van der Waals surface area contributed by atoms with Gasteiger partial charge in [0, 0.05) is 18.0 Å². The van der Waals surface area contributed by atoms with Crippen LogP contribution in [0, 0.1) is 23.5 Å². The van der Waals surface area contributed by atoms with Crippen molar-refractivity contribution < 1.29 is 8.78 Å². The molecule has 0 aliphatic heterocycles. The minimum atomic E-state index is -0.869. The van der Waals surface area contributed by atoms with Crippen molar-refractivity contribution in [3.63, 3.8) is 0 Å². The standard InChI is InChI=1S/C24H32F2N2/c1-2-3-4-5-6-18-7-9-19(10-8-18)11-12-20-16-27-24(28-17-20)21-13-14-22(25)23(26)15-21/h13-19H,2-12H2,1H3. The van der Waals surface area contributed by atoms with Crippen LogP contribution in [0.25, 0.3) is 11.4 Å². The largest absolute Gasteiger partial charge is 0.236 e. The van der Waals surface area contributed by atoms with Crippen LogP contribution in [0.3, 0.4) is 0 Å². The molecule has 0 radical (unpaired) electrons. The van der Waals surface area contributed by atoms with Gasteiger partial charge in [0.1, 0.15) is 0 Å². The summed E-state index contributed by atoms with van der Waals surface area (Å²) in [4.78, 5) is 8.69. The minimum absolute atomic E-state index is 0.436.